The van der Waals surface area contributed by atoms with E-state index < -0.39 is 4.92 Å². The fourth-order valence-corrected chi connectivity index (χ4v) is 4.59. The zero-order valence-corrected chi connectivity index (χ0v) is 19.0. The fourth-order valence-electron chi connectivity index (χ4n) is 4.18. The van der Waals surface area contributed by atoms with Gasteiger partial charge in [0, 0.05) is 28.6 Å². The first-order chi connectivity index (χ1) is 15.9. The fraction of sp³-hybridized carbons (Fsp3) is 0.348. The van der Waals surface area contributed by atoms with E-state index in [4.69, 9.17) is 0 Å². The van der Waals surface area contributed by atoms with E-state index >= 15 is 0 Å². The molecule has 2 aromatic carbocycles. The average molecular weight is 468 g/mol. The Kier molecular flexibility index (Phi) is 6.93. The Labute approximate surface area is 194 Å². The van der Waals surface area contributed by atoms with Crippen LogP contribution in [0.2, 0.25) is 0 Å². The van der Waals surface area contributed by atoms with Gasteiger partial charge in [0.25, 0.3) is 11.6 Å². The molecule has 2 atom stereocenters. The molecule has 4 rings (SSSR count). The number of thioether (sulfide) groups is 1. The highest BCUT2D eigenvalue weighted by molar-refractivity contribution is 7.98. The molecule has 1 aliphatic carbocycles. The number of hydrogen-bond donors (Lipinski definition) is 3. The number of non-ortho nitro benzene ring substituents is 1. The molecule has 10 heteroatoms. The summed E-state index contributed by atoms with van der Waals surface area (Å²) in [5, 5.41) is 17.3. The van der Waals surface area contributed by atoms with Crippen LogP contribution in [0.5, 0.6) is 0 Å². The van der Waals surface area contributed by atoms with Crippen molar-refractivity contribution in [3.63, 3.8) is 0 Å². The molecule has 3 N–H and O–H groups in total. The van der Waals surface area contributed by atoms with Crippen molar-refractivity contribution in [3.8, 4) is 0 Å². The molecular formula is C23H25N5O4S. The van der Waals surface area contributed by atoms with Crippen molar-refractivity contribution in [1.29, 1.82) is 0 Å². The first kappa shape index (κ1) is 22.8. The van der Waals surface area contributed by atoms with Crippen molar-refractivity contribution < 1.29 is 14.5 Å². The highest BCUT2D eigenvalue weighted by atomic mass is 32.2. The lowest BCUT2D eigenvalue weighted by molar-refractivity contribution is -0.383. The Morgan fingerprint density at radius 3 is 2.48 bits per heavy atom. The molecule has 1 heterocycles. The molecule has 2 amide bonds. The van der Waals surface area contributed by atoms with Crippen LogP contribution >= 0.6 is 11.8 Å². The maximum absolute atomic E-state index is 12.7. The van der Waals surface area contributed by atoms with Crippen molar-refractivity contribution in [2.24, 2.45) is 0 Å². The number of carbonyl (C=O) groups excluding carboxylic acids is 2. The summed E-state index contributed by atoms with van der Waals surface area (Å²) < 4.78 is 0. The zero-order chi connectivity index (χ0) is 23.4. The summed E-state index contributed by atoms with van der Waals surface area (Å²) >= 11 is 1.62. The van der Waals surface area contributed by atoms with Crippen molar-refractivity contribution in [3.05, 3.63) is 64.0 Å². The van der Waals surface area contributed by atoms with Crippen LogP contribution in [0.4, 0.5) is 5.69 Å². The minimum absolute atomic E-state index is 0.0286. The first-order valence-electron chi connectivity index (χ1n) is 10.8. The summed E-state index contributed by atoms with van der Waals surface area (Å²) in [5.74, 6) is -0.0346. The van der Waals surface area contributed by atoms with Gasteiger partial charge in [-0.1, -0.05) is 18.9 Å². The molecule has 1 fully saturated rings. The second kappa shape index (κ2) is 10.0. The highest BCUT2D eigenvalue weighted by Gasteiger charge is 2.28. The second-order valence-corrected chi connectivity index (χ2v) is 8.94. The van der Waals surface area contributed by atoms with Crippen molar-refractivity contribution in [2.75, 3.05) is 6.26 Å². The van der Waals surface area contributed by atoms with Gasteiger partial charge in [-0.05, 0) is 49.4 Å². The summed E-state index contributed by atoms with van der Waals surface area (Å²) in [6, 6.07) is 11.7. The molecular weight excluding hydrogens is 442 g/mol. The lowest BCUT2D eigenvalue weighted by Crippen LogP contribution is -2.53. The van der Waals surface area contributed by atoms with Crippen molar-refractivity contribution in [1.82, 2.24) is 20.6 Å². The molecule has 0 radical (unpaired) electrons. The third kappa shape index (κ3) is 5.33. The van der Waals surface area contributed by atoms with E-state index in [1.165, 1.54) is 6.07 Å². The molecule has 1 saturated carbocycles. The van der Waals surface area contributed by atoms with E-state index in [9.17, 15) is 19.7 Å². The van der Waals surface area contributed by atoms with Gasteiger partial charge in [0.05, 0.1) is 16.9 Å². The highest BCUT2D eigenvalue weighted by Crippen LogP contribution is 2.24. The van der Waals surface area contributed by atoms with E-state index in [1.54, 1.807) is 36.0 Å². The molecule has 9 nitrogen and oxygen atoms in total. The van der Waals surface area contributed by atoms with Crippen LogP contribution in [0.3, 0.4) is 0 Å². The van der Waals surface area contributed by atoms with Crippen LogP contribution in [-0.4, -0.2) is 45.0 Å². The molecule has 0 bridgehead atoms. The molecule has 1 aromatic heterocycles. The quantitative estimate of drug-likeness (QED) is 0.277. The van der Waals surface area contributed by atoms with E-state index in [0.717, 1.165) is 30.6 Å². The Balaban J connectivity index is 1.40. The van der Waals surface area contributed by atoms with Gasteiger partial charge in [-0.3, -0.25) is 19.7 Å². The van der Waals surface area contributed by atoms with E-state index in [0.29, 0.717) is 16.9 Å². The van der Waals surface area contributed by atoms with Gasteiger partial charge in [-0.2, -0.15) is 0 Å². The van der Waals surface area contributed by atoms with Crippen molar-refractivity contribution in [2.45, 2.75) is 49.1 Å². The molecule has 0 spiro atoms. The number of para-hydroxylation sites is 1. The van der Waals surface area contributed by atoms with Crippen LogP contribution in [0, 0.1) is 10.1 Å². The summed E-state index contributed by atoms with van der Waals surface area (Å²) in [6.45, 7) is 0. The number of nitro benzene ring substituents is 1. The van der Waals surface area contributed by atoms with Gasteiger partial charge in [-0.25, -0.2) is 4.98 Å². The average Bonchev–Trinajstić information content (AvgIpc) is 3.22. The Bertz CT molecular complexity index is 1180. The van der Waals surface area contributed by atoms with Gasteiger partial charge < -0.3 is 15.6 Å². The van der Waals surface area contributed by atoms with E-state index in [2.05, 4.69) is 20.6 Å². The number of nitrogens with one attached hydrogen (secondary N) is 3. The predicted molar refractivity (Wildman–Crippen MR) is 126 cm³/mol. The third-order valence-electron chi connectivity index (χ3n) is 5.85. The number of aromatic amines is 1. The normalized spacial score (nSPS) is 18.1. The smallest absolute Gasteiger partial charge is 0.297 e. The minimum atomic E-state index is -0.489. The third-order valence-corrected chi connectivity index (χ3v) is 6.59. The van der Waals surface area contributed by atoms with Gasteiger partial charge in [0.15, 0.2) is 5.52 Å². The number of benzene rings is 2. The molecule has 33 heavy (non-hydrogen) atoms. The number of aromatic nitrogens is 2. The Morgan fingerprint density at radius 2 is 1.82 bits per heavy atom. The van der Waals surface area contributed by atoms with Crippen LogP contribution in [-0.2, 0) is 11.2 Å². The number of nitro groups is 1. The number of H-pyrrole nitrogens is 1. The van der Waals surface area contributed by atoms with E-state index in [1.807, 2.05) is 18.4 Å². The van der Waals surface area contributed by atoms with Crippen LogP contribution < -0.4 is 10.6 Å². The lowest BCUT2D eigenvalue weighted by Gasteiger charge is -2.32. The van der Waals surface area contributed by atoms with Gasteiger partial charge in [-0.15, -0.1) is 11.8 Å². The lowest BCUT2D eigenvalue weighted by atomic mass is 9.90. The number of carbonyl (C=O) groups is 2. The zero-order valence-electron chi connectivity index (χ0n) is 18.2. The minimum Gasteiger partial charge on any atom is -0.351 e. The van der Waals surface area contributed by atoms with Crippen molar-refractivity contribution >= 4 is 40.3 Å². The number of imidazole rings is 1. The molecule has 0 unspecified atom stereocenters. The largest absolute Gasteiger partial charge is 0.351 e. The van der Waals surface area contributed by atoms with Gasteiger partial charge in [0.1, 0.15) is 5.82 Å². The number of nitrogens with zero attached hydrogens (tertiary/aromatic N) is 2. The predicted octanol–water partition coefficient (Wildman–Crippen LogP) is 3.59. The summed E-state index contributed by atoms with van der Waals surface area (Å²) in [5.41, 5.74) is 1.24. The molecule has 0 aliphatic heterocycles. The molecule has 0 saturated heterocycles. The number of fused-ring (bicyclic) bond motifs is 1. The van der Waals surface area contributed by atoms with Crippen LogP contribution in [0.1, 0.15) is 41.9 Å². The summed E-state index contributed by atoms with van der Waals surface area (Å²) in [4.78, 5) is 44.5. The monoisotopic (exact) mass is 467 g/mol. The second-order valence-electron chi connectivity index (χ2n) is 8.06. The maximum atomic E-state index is 12.7. The topological polar surface area (TPSA) is 130 Å². The molecule has 172 valence electrons. The summed E-state index contributed by atoms with van der Waals surface area (Å²) in [7, 11) is 0. The van der Waals surface area contributed by atoms with Crippen LogP contribution in [0.25, 0.3) is 11.0 Å². The van der Waals surface area contributed by atoms with E-state index in [-0.39, 0.29) is 41.5 Å². The summed E-state index contributed by atoms with van der Waals surface area (Å²) in [6.07, 6.45) is 5.47. The number of hydrogen-bond acceptors (Lipinski definition) is 6. The first-order valence-corrected chi connectivity index (χ1v) is 12.0. The van der Waals surface area contributed by atoms with Gasteiger partial charge in [0.2, 0.25) is 5.91 Å². The van der Waals surface area contributed by atoms with Crippen LogP contribution in [0.15, 0.2) is 47.4 Å². The number of amides is 2. The standard InChI is InChI=1S/C23H25N5O4S/c1-33-15-11-9-14(10-12-15)23(30)26-17-6-3-2-5-16(17)25-21(29)13-20-24-18-7-4-8-19(28(31)32)22(18)27-20/h4,7-12,16-17H,2-3,5-6,13H2,1H3,(H,24,27)(H,25,29)(H,26,30)/t16-,17-/m0/s1. The Morgan fingerprint density at radius 1 is 1.12 bits per heavy atom. The molecule has 1 aliphatic rings. The Hall–Kier alpha value is -3.40. The van der Waals surface area contributed by atoms with Gasteiger partial charge >= 0.3 is 0 Å². The maximum Gasteiger partial charge on any atom is 0.297 e. The SMILES string of the molecule is CSc1ccc(C(=O)N[C@H]2CCCC[C@@H]2NC(=O)Cc2nc3c([N+](=O)[O-])cccc3[nH]2)cc1. The number of rotatable bonds is 7. The molecule has 3 aromatic rings.